The first-order chi connectivity index (χ1) is 8.90. The molecular weight excluding hydrogens is 264 g/mol. The molecule has 0 spiro atoms. The summed E-state index contributed by atoms with van der Waals surface area (Å²) in [6.07, 6.45) is 3.77. The molecule has 5 nitrogen and oxygen atoms in total. The SMILES string of the molecule is CCC1(C(=O)O)CCCN1C(=O)N(C)C(C)CSC. The number of amides is 2. The zero-order valence-electron chi connectivity index (χ0n) is 12.2. The Morgan fingerprint density at radius 2 is 2.16 bits per heavy atom. The summed E-state index contributed by atoms with van der Waals surface area (Å²) in [7, 11) is 1.75. The molecule has 2 atom stereocenters. The smallest absolute Gasteiger partial charge is 0.329 e. The number of nitrogens with zero attached hydrogens (tertiary/aromatic N) is 2. The summed E-state index contributed by atoms with van der Waals surface area (Å²) < 4.78 is 0. The Hall–Kier alpha value is -0.910. The summed E-state index contributed by atoms with van der Waals surface area (Å²) in [4.78, 5) is 27.3. The summed E-state index contributed by atoms with van der Waals surface area (Å²) in [5.74, 6) is -0.0331. The maximum Gasteiger partial charge on any atom is 0.329 e. The first kappa shape index (κ1) is 16.1. The third-order valence-corrected chi connectivity index (χ3v) is 4.89. The van der Waals surface area contributed by atoms with Gasteiger partial charge < -0.3 is 14.9 Å². The van der Waals surface area contributed by atoms with E-state index in [-0.39, 0.29) is 12.1 Å². The summed E-state index contributed by atoms with van der Waals surface area (Å²) >= 11 is 1.68. The lowest BCUT2D eigenvalue weighted by Gasteiger charge is -2.38. The second-order valence-electron chi connectivity index (χ2n) is 5.14. The molecule has 2 unspecified atom stereocenters. The monoisotopic (exact) mass is 288 g/mol. The molecule has 1 saturated heterocycles. The lowest BCUT2D eigenvalue weighted by molar-refractivity contribution is -0.148. The van der Waals surface area contributed by atoms with Gasteiger partial charge in [0.15, 0.2) is 0 Å². The van der Waals surface area contributed by atoms with Crippen molar-refractivity contribution < 1.29 is 14.7 Å². The zero-order valence-corrected chi connectivity index (χ0v) is 13.0. The predicted octanol–water partition coefficient (Wildman–Crippen LogP) is 2.12. The van der Waals surface area contributed by atoms with E-state index in [4.69, 9.17) is 0 Å². The molecule has 0 aromatic rings. The van der Waals surface area contributed by atoms with Crippen LogP contribution in [0.2, 0.25) is 0 Å². The molecule has 0 aromatic heterocycles. The van der Waals surface area contributed by atoms with Crippen LogP contribution in [0.25, 0.3) is 0 Å². The zero-order chi connectivity index (χ0) is 14.6. The number of carbonyl (C=O) groups is 2. The molecule has 0 bridgehead atoms. The van der Waals surface area contributed by atoms with E-state index in [9.17, 15) is 14.7 Å². The van der Waals surface area contributed by atoms with Gasteiger partial charge in [-0.05, 0) is 32.4 Å². The minimum Gasteiger partial charge on any atom is -0.479 e. The lowest BCUT2D eigenvalue weighted by Crippen LogP contribution is -2.57. The standard InChI is InChI=1S/C13H24N2O3S/c1-5-13(11(16)17)7-6-8-15(13)12(18)14(3)10(2)9-19-4/h10H,5-9H2,1-4H3,(H,16,17). The van der Waals surface area contributed by atoms with Crippen molar-refractivity contribution in [2.45, 2.75) is 44.7 Å². The summed E-state index contributed by atoms with van der Waals surface area (Å²) in [5.41, 5.74) is -1.01. The van der Waals surface area contributed by atoms with Crippen molar-refractivity contribution in [1.82, 2.24) is 9.80 Å². The third-order valence-electron chi connectivity index (χ3n) is 4.07. The molecule has 1 aliphatic heterocycles. The maximum atomic E-state index is 12.5. The Bertz CT molecular complexity index is 351. The van der Waals surface area contributed by atoms with Crippen LogP contribution < -0.4 is 0 Å². The molecule has 0 aromatic carbocycles. The quantitative estimate of drug-likeness (QED) is 0.842. The van der Waals surface area contributed by atoms with Crippen LogP contribution in [0.5, 0.6) is 0 Å². The molecule has 1 N–H and O–H groups in total. The van der Waals surface area contributed by atoms with Crippen molar-refractivity contribution in [3.05, 3.63) is 0 Å². The maximum absolute atomic E-state index is 12.5. The molecule has 110 valence electrons. The summed E-state index contributed by atoms with van der Waals surface area (Å²) in [5, 5.41) is 9.49. The minimum atomic E-state index is -1.01. The van der Waals surface area contributed by atoms with E-state index in [1.54, 1.807) is 28.6 Å². The van der Waals surface area contributed by atoms with Crippen LogP contribution in [0, 0.1) is 0 Å². The highest BCUT2D eigenvalue weighted by Gasteiger charge is 2.49. The van der Waals surface area contributed by atoms with Gasteiger partial charge in [-0.2, -0.15) is 11.8 Å². The Kier molecular flexibility index (Phi) is 5.52. The third kappa shape index (κ3) is 2.99. The molecule has 0 aliphatic carbocycles. The van der Waals surface area contributed by atoms with E-state index in [1.165, 1.54) is 0 Å². The van der Waals surface area contributed by atoms with Crippen molar-refractivity contribution >= 4 is 23.8 Å². The van der Waals surface area contributed by atoms with E-state index in [2.05, 4.69) is 0 Å². The van der Waals surface area contributed by atoms with Gasteiger partial charge in [-0.25, -0.2) is 9.59 Å². The van der Waals surface area contributed by atoms with Gasteiger partial charge in [0, 0.05) is 25.4 Å². The number of thioether (sulfide) groups is 1. The Labute approximate surface area is 119 Å². The molecule has 6 heteroatoms. The Morgan fingerprint density at radius 1 is 1.53 bits per heavy atom. The fraction of sp³-hybridized carbons (Fsp3) is 0.846. The van der Waals surface area contributed by atoms with Gasteiger partial charge in [0.2, 0.25) is 0 Å². The topological polar surface area (TPSA) is 60.9 Å². The first-order valence-corrected chi connectivity index (χ1v) is 8.06. The largest absolute Gasteiger partial charge is 0.479 e. The number of aliphatic carboxylic acids is 1. The fourth-order valence-electron chi connectivity index (χ4n) is 2.63. The van der Waals surface area contributed by atoms with Gasteiger partial charge in [0.05, 0.1) is 0 Å². The second kappa shape index (κ2) is 6.50. The Morgan fingerprint density at radius 3 is 2.63 bits per heavy atom. The molecular formula is C13H24N2O3S. The molecule has 0 saturated carbocycles. The average molecular weight is 288 g/mol. The van der Waals surface area contributed by atoms with E-state index < -0.39 is 11.5 Å². The van der Waals surface area contributed by atoms with Gasteiger partial charge in [0.1, 0.15) is 5.54 Å². The van der Waals surface area contributed by atoms with Crippen molar-refractivity contribution in [3.63, 3.8) is 0 Å². The minimum absolute atomic E-state index is 0.103. The highest BCUT2D eigenvalue weighted by molar-refractivity contribution is 7.98. The van der Waals surface area contributed by atoms with Crippen LogP contribution in [0.1, 0.15) is 33.1 Å². The van der Waals surface area contributed by atoms with Crippen molar-refractivity contribution in [1.29, 1.82) is 0 Å². The van der Waals surface area contributed by atoms with Gasteiger partial charge in [-0.15, -0.1) is 0 Å². The van der Waals surface area contributed by atoms with Crippen LogP contribution in [0.15, 0.2) is 0 Å². The highest BCUT2D eigenvalue weighted by Crippen LogP contribution is 2.33. The van der Waals surface area contributed by atoms with Crippen molar-refractivity contribution in [2.75, 3.05) is 25.6 Å². The number of hydrogen-bond acceptors (Lipinski definition) is 3. The number of urea groups is 1. The Balaban J connectivity index is 2.88. The van der Waals surface area contributed by atoms with Gasteiger partial charge in [0.25, 0.3) is 0 Å². The molecule has 1 rings (SSSR count). The molecule has 1 fully saturated rings. The predicted molar refractivity (Wildman–Crippen MR) is 77.6 cm³/mol. The highest BCUT2D eigenvalue weighted by atomic mass is 32.2. The normalized spacial score (nSPS) is 24.3. The van der Waals surface area contributed by atoms with Crippen LogP contribution >= 0.6 is 11.8 Å². The second-order valence-corrected chi connectivity index (χ2v) is 6.05. The number of hydrogen-bond donors (Lipinski definition) is 1. The van der Waals surface area contributed by atoms with Crippen LogP contribution in [-0.2, 0) is 4.79 Å². The molecule has 1 heterocycles. The van der Waals surface area contributed by atoms with Crippen LogP contribution in [0.4, 0.5) is 4.79 Å². The van der Waals surface area contributed by atoms with E-state index in [0.29, 0.717) is 19.4 Å². The molecule has 2 amide bonds. The van der Waals surface area contributed by atoms with Gasteiger partial charge >= 0.3 is 12.0 Å². The first-order valence-electron chi connectivity index (χ1n) is 6.67. The fourth-order valence-corrected chi connectivity index (χ4v) is 3.34. The van der Waals surface area contributed by atoms with Crippen LogP contribution in [0.3, 0.4) is 0 Å². The number of carboxylic acid groups (broad SMARTS) is 1. The molecule has 1 aliphatic rings. The van der Waals surface area contributed by atoms with Crippen molar-refractivity contribution in [3.8, 4) is 0 Å². The van der Waals surface area contributed by atoms with Gasteiger partial charge in [-0.1, -0.05) is 6.92 Å². The number of rotatable bonds is 5. The van der Waals surface area contributed by atoms with E-state index in [0.717, 1.165) is 12.2 Å². The average Bonchev–Trinajstić information content (AvgIpc) is 2.82. The number of carboxylic acids is 1. The summed E-state index contributed by atoms with van der Waals surface area (Å²) in [6, 6.07) is -0.0604. The molecule has 0 radical (unpaired) electrons. The summed E-state index contributed by atoms with van der Waals surface area (Å²) in [6.45, 7) is 4.36. The van der Waals surface area contributed by atoms with Crippen LogP contribution in [-0.4, -0.2) is 64.1 Å². The molecule has 19 heavy (non-hydrogen) atoms. The van der Waals surface area contributed by atoms with E-state index >= 15 is 0 Å². The van der Waals surface area contributed by atoms with E-state index in [1.807, 2.05) is 20.1 Å². The number of carbonyl (C=O) groups excluding carboxylic acids is 1. The van der Waals surface area contributed by atoms with Crippen molar-refractivity contribution in [2.24, 2.45) is 0 Å². The lowest BCUT2D eigenvalue weighted by atomic mass is 9.93. The number of likely N-dealkylation sites (tertiary alicyclic amines) is 1. The van der Waals surface area contributed by atoms with Gasteiger partial charge in [-0.3, -0.25) is 0 Å².